The summed E-state index contributed by atoms with van der Waals surface area (Å²) in [5.41, 5.74) is 9.45. The Morgan fingerprint density at radius 1 is 1.45 bits per heavy atom. The molecule has 0 unspecified atom stereocenters. The third-order valence-electron chi connectivity index (χ3n) is 1.76. The highest BCUT2D eigenvalue weighted by Crippen LogP contribution is 2.23. The summed E-state index contributed by atoms with van der Waals surface area (Å²) in [5, 5.41) is 3.04. The molecule has 1 aromatic rings. The van der Waals surface area contributed by atoms with Crippen LogP contribution in [0, 0.1) is 13.8 Å². The zero-order valence-corrected chi connectivity index (χ0v) is 7.10. The maximum Gasteiger partial charge on any atom is 0.0768 e. The number of aryl methyl sites for hydroxylation is 2. The predicted molar refractivity (Wildman–Crippen MR) is 47.7 cm³/mol. The molecule has 0 fully saturated rings. The van der Waals surface area contributed by atoms with E-state index in [1.807, 2.05) is 27.1 Å². The largest absolute Gasteiger partial charge is 0.396 e. The molecule has 11 heavy (non-hydrogen) atoms. The fourth-order valence-electron chi connectivity index (χ4n) is 1.05. The molecule has 0 atom stereocenters. The second-order valence-corrected chi connectivity index (χ2v) is 2.57. The minimum atomic E-state index is 0.743. The SMILES string of the molecule is CNc1c(C)cnc(C)c1N. The van der Waals surface area contributed by atoms with Crippen molar-refractivity contribution in [3.8, 4) is 0 Å². The van der Waals surface area contributed by atoms with Crippen LogP contribution < -0.4 is 11.1 Å². The maximum absolute atomic E-state index is 5.77. The van der Waals surface area contributed by atoms with E-state index in [4.69, 9.17) is 5.73 Å². The third kappa shape index (κ3) is 1.27. The van der Waals surface area contributed by atoms with Gasteiger partial charge in [-0.25, -0.2) is 0 Å². The van der Waals surface area contributed by atoms with Crippen LogP contribution in [0.4, 0.5) is 11.4 Å². The van der Waals surface area contributed by atoms with Crippen LogP contribution in [-0.4, -0.2) is 12.0 Å². The smallest absolute Gasteiger partial charge is 0.0768 e. The lowest BCUT2D eigenvalue weighted by molar-refractivity contribution is 1.17. The van der Waals surface area contributed by atoms with Gasteiger partial charge in [-0.3, -0.25) is 4.98 Å². The van der Waals surface area contributed by atoms with Gasteiger partial charge in [-0.05, 0) is 19.4 Å². The van der Waals surface area contributed by atoms with Gasteiger partial charge >= 0.3 is 0 Å². The fourth-order valence-corrected chi connectivity index (χ4v) is 1.05. The zero-order valence-electron chi connectivity index (χ0n) is 7.10. The topological polar surface area (TPSA) is 50.9 Å². The molecule has 0 amide bonds. The van der Waals surface area contributed by atoms with Gasteiger partial charge in [-0.1, -0.05) is 0 Å². The molecule has 3 N–H and O–H groups in total. The predicted octanol–water partition coefficient (Wildman–Crippen LogP) is 1.32. The zero-order chi connectivity index (χ0) is 8.43. The lowest BCUT2D eigenvalue weighted by Gasteiger charge is -2.09. The van der Waals surface area contributed by atoms with Crippen molar-refractivity contribution in [2.24, 2.45) is 0 Å². The van der Waals surface area contributed by atoms with Crippen molar-refractivity contribution in [3.05, 3.63) is 17.5 Å². The average molecular weight is 151 g/mol. The van der Waals surface area contributed by atoms with Crippen molar-refractivity contribution < 1.29 is 0 Å². The number of anilines is 2. The number of nitrogens with zero attached hydrogens (tertiary/aromatic N) is 1. The van der Waals surface area contributed by atoms with Gasteiger partial charge in [-0.2, -0.15) is 0 Å². The minimum Gasteiger partial charge on any atom is -0.396 e. The van der Waals surface area contributed by atoms with Crippen molar-refractivity contribution in [1.29, 1.82) is 0 Å². The van der Waals surface area contributed by atoms with Crippen LogP contribution in [0.5, 0.6) is 0 Å². The summed E-state index contributed by atoms with van der Waals surface area (Å²) in [6, 6.07) is 0. The molecule has 1 aromatic heterocycles. The Balaban J connectivity index is 3.29. The average Bonchev–Trinajstić information content (AvgIpc) is 1.99. The first-order valence-electron chi connectivity index (χ1n) is 3.56. The molecule has 0 bridgehead atoms. The van der Waals surface area contributed by atoms with Crippen molar-refractivity contribution in [2.75, 3.05) is 18.1 Å². The second kappa shape index (κ2) is 2.78. The number of hydrogen-bond donors (Lipinski definition) is 2. The van der Waals surface area contributed by atoms with E-state index >= 15 is 0 Å². The van der Waals surface area contributed by atoms with Crippen LogP contribution in [0.25, 0.3) is 0 Å². The van der Waals surface area contributed by atoms with E-state index in [1.165, 1.54) is 0 Å². The summed E-state index contributed by atoms with van der Waals surface area (Å²) in [7, 11) is 1.86. The van der Waals surface area contributed by atoms with E-state index in [0.717, 1.165) is 22.6 Å². The van der Waals surface area contributed by atoms with Crippen LogP contribution >= 0.6 is 0 Å². The van der Waals surface area contributed by atoms with Crippen LogP contribution in [0.15, 0.2) is 6.20 Å². The monoisotopic (exact) mass is 151 g/mol. The Bertz CT molecular complexity index is 268. The highest BCUT2D eigenvalue weighted by Gasteiger charge is 2.03. The molecule has 0 saturated carbocycles. The van der Waals surface area contributed by atoms with Crippen LogP contribution in [0.2, 0.25) is 0 Å². The highest BCUT2D eigenvalue weighted by atomic mass is 14.9. The number of rotatable bonds is 1. The van der Waals surface area contributed by atoms with Gasteiger partial charge in [0.05, 0.1) is 17.1 Å². The first-order valence-corrected chi connectivity index (χ1v) is 3.56. The van der Waals surface area contributed by atoms with Gasteiger partial charge in [0.1, 0.15) is 0 Å². The van der Waals surface area contributed by atoms with Crippen LogP contribution in [0.1, 0.15) is 11.3 Å². The number of nitrogens with two attached hydrogens (primary N) is 1. The molecule has 0 aliphatic carbocycles. The molecular weight excluding hydrogens is 138 g/mol. The van der Waals surface area contributed by atoms with E-state index in [1.54, 1.807) is 0 Å². The minimum absolute atomic E-state index is 0.743. The van der Waals surface area contributed by atoms with Gasteiger partial charge in [-0.15, -0.1) is 0 Å². The van der Waals surface area contributed by atoms with E-state index in [-0.39, 0.29) is 0 Å². The summed E-state index contributed by atoms with van der Waals surface area (Å²) < 4.78 is 0. The summed E-state index contributed by atoms with van der Waals surface area (Å²) >= 11 is 0. The van der Waals surface area contributed by atoms with Crippen LogP contribution in [0.3, 0.4) is 0 Å². The maximum atomic E-state index is 5.77. The molecule has 0 radical (unpaired) electrons. The molecule has 0 aliphatic heterocycles. The second-order valence-electron chi connectivity index (χ2n) is 2.57. The highest BCUT2D eigenvalue weighted by molar-refractivity contribution is 5.70. The summed E-state index contributed by atoms with van der Waals surface area (Å²) in [6.45, 7) is 3.88. The van der Waals surface area contributed by atoms with Gasteiger partial charge < -0.3 is 11.1 Å². The van der Waals surface area contributed by atoms with Crippen molar-refractivity contribution >= 4 is 11.4 Å². The number of nitrogens with one attached hydrogen (secondary N) is 1. The van der Waals surface area contributed by atoms with Gasteiger partial charge in [0, 0.05) is 13.2 Å². The number of nitrogen functional groups attached to an aromatic ring is 1. The van der Waals surface area contributed by atoms with Gasteiger partial charge in [0.25, 0.3) is 0 Å². The van der Waals surface area contributed by atoms with E-state index in [2.05, 4.69) is 10.3 Å². The fraction of sp³-hybridized carbons (Fsp3) is 0.375. The van der Waals surface area contributed by atoms with E-state index in [9.17, 15) is 0 Å². The normalized spacial score (nSPS) is 9.73. The molecule has 3 nitrogen and oxygen atoms in total. The van der Waals surface area contributed by atoms with Gasteiger partial charge in [0.2, 0.25) is 0 Å². The molecule has 1 heterocycles. The molecule has 60 valence electrons. The van der Waals surface area contributed by atoms with Crippen molar-refractivity contribution in [2.45, 2.75) is 13.8 Å². The summed E-state index contributed by atoms with van der Waals surface area (Å²) in [6.07, 6.45) is 1.82. The molecular formula is C8H13N3. The molecule has 0 aliphatic rings. The standard InChI is InChI=1S/C8H13N3/c1-5-4-11-6(2)7(9)8(5)10-3/h4H,9H2,1-3H3,(H,10,11). The van der Waals surface area contributed by atoms with Gasteiger partial charge in [0.15, 0.2) is 0 Å². The van der Waals surface area contributed by atoms with Crippen LogP contribution in [-0.2, 0) is 0 Å². The Kier molecular flexibility index (Phi) is 1.98. The first kappa shape index (κ1) is 7.85. The molecule has 0 saturated heterocycles. The number of hydrogen-bond acceptors (Lipinski definition) is 3. The Hall–Kier alpha value is -1.25. The Labute approximate surface area is 66.6 Å². The van der Waals surface area contributed by atoms with E-state index in [0.29, 0.717) is 0 Å². The van der Waals surface area contributed by atoms with Crippen molar-refractivity contribution in [3.63, 3.8) is 0 Å². The molecule has 0 spiro atoms. The number of aromatic nitrogens is 1. The molecule has 1 rings (SSSR count). The number of pyridine rings is 1. The molecule has 0 aromatic carbocycles. The first-order chi connectivity index (χ1) is 5.16. The summed E-state index contributed by atoms with van der Waals surface area (Å²) in [5.74, 6) is 0. The third-order valence-corrected chi connectivity index (χ3v) is 1.76. The lowest BCUT2D eigenvalue weighted by atomic mass is 10.2. The van der Waals surface area contributed by atoms with Crippen molar-refractivity contribution in [1.82, 2.24) is 4.98 Å². The summed E-state index contributed by atoms with van der Waals surface area (Å²) in [4.78, 5) is 4.12. The Morgan fingerprint density at radius 3 is 2.55 bits per heavy atom. The van der Waals surface area contributed by atoms with E-state index < -0.39 is 0 Å². The molecule has 3 heteroatoms. The quantitative estimate of drug-likeness (QED) is 0.636. The lowest BCUT2D eigenvalue weighted by Crippen LogP contribution is -2.01. The Morgan fingerprint density at radius 2 is 2.09 bits per heavy atom.